The van der Waals surface area contributed by atoms with Gasteiger partial charge in [-0.15, -0.1) is 0 Å². The van der Waals surface area contributed by atoms with Gasteiger partial charge < -0.3 is 27.2 Å². The molecule has 2 aromatic rings. The lowest BCUT2D eigenvalue weighted by molar-refractivity contribution is -0.138. The lowest BCUT2D eigenvalue weighted by atomic mass is 10.4. The summed E-state index contributed by atoms with van der Waals surface area (Å²) in [7, 11) is -3.64. The maximum atomic E-state index is 10.1. The summed E-state index contributed by atoms with van der Waals surface area (Å²) in [5.74, 6) is -0.718. The van der Waals surface area contributed by atoms with Crippen molar-refractivity contribution in [2.45, 2.75) is 152 Å². The molecule has 0 saturated heterocycles. The Morgan fingerprint density at radius 2 is 0.789 bits per heavy atom. The van der Waals surface area contributed by atoms with Crippen LogP contribution in [0.3, 0.4) is 0 Å². The van der Waals surface area contributed by atoms with Crippen LogP contribution in [0.5, 0.6) is 0 Å². The molecule has 346 valence electrons. The third-order valence-corrected chi connectivity index (χ3v) is 18.8. The summed E-state index contributed by atoms with van der Waals surface area (Å²) in [4.78, 5) is 20.1. The molecule has 0 aliphatic rings. The summed E-state index contributed by atoms with van der Waals surface area (Å²) in [6.07, 6.45) is 3.29. The molecule has 0 fully saturated rings. The van der Waals surface area contributed by atoms with Crippen molar-refractivity contribution in [3.8, 4) is 0 Å². The molecule has 2 aromatic carbocycles. The van der Waals surface area contributed by atoms with Crippen LogP contribution in [0.25, 0.3) is 0 Å². The molecule has 0 unspecified atom stereocenters. The molecule has 0 saturated carbocycles. The maximum Gasteiger partial charge on any atom is 0.330 e. The smallest absolute Gasteiger partial charge is 0.330 e. The minimum absolute atomic E-state index is 0. The highest BCUT2D eigenvalue weighted by Gasteiger charge is 2.41. The largest absolute Gasteiger partial charge is 0.463 e. The molecule has 0 aliphatic carbocycles. The van der Waals surface area contributed by atoms with Gasteiger partial charge in [-0.1, -0.05) is 167 Å². The minimum atomic E-state index is -2.12. The Kier molecular flexibility index (Phi) is 87.3. The van der Waals surface area contributed by atoms with Crippen molar-refractivity contribution in [2.24, 2.45) is 0 Å². The monoisotopic (exact) mass is 867 g/mol. The first-order valence-electron chi connectivity index (χ1n) is 16.8. The number of rotatable bonds is 17. The molecule has 0 spiro atoms. The van der Waals surface area contributed by atoms with E-state index in [2.05, 4.69) is 69.2 Å². The highest BCUT2D eigenvalue weighted by molar-refractivity contribution is 6.88. The van der Waals surface area contributed by atoms with Crippen molar-refractivity contribution in [1.82, 2.24) is 0 Å². The molecule has 0 aliphatic heterocycles. The first-order valence-corrected chi connectivity index (χ1v) is 25.5. The summed E-state index contributed by atoms with van der Waals surface area (Å²) >= 11 is 0. The Balaban J connectivity index is -0.0000000484. The number of hydrogen-bond donors (Lipinski definition) is 0. The van der Waals surface area contributed by atoms with Crippen LogP contribution in [0.15, 0.2) is 98.1 Å². The van der Waals surface area contributed by atoms with Crippen LogP contribution >= 0.6 is 0 Å². The van der Waals surface area contributed by atoms with E-state index >= 15 is 0 Å². The topological polar surface area (TPSA) is 89.5 Å². The van der Waals surface area contributed by atoms with E-state index in [0.29, 0.717) is 26.4 Å². The zero-order chi connectivity index (χ0) is 37.2. The third-order valence-electron chi connectivity index (χ3n) is 6.28. The molecule has 0 atom stereocenters. The zero-order valence-corrected chi connectivity index (χ0v) is 34.6. The van der Waals surface area contributed by atoms with Crippen molar-refractivity contribution in [3.63, 3.8) is 0 Å². The van der Waals surface area contributed by atoms with E-state index < -0.39 is 25.2 Å². The predicted octanol–water partition coefficient (Wildman–Crippen LogP) is 15.2. The number of hydrogen-bond acceptors (Lipinski definition) is 8. The van der Waals surface area contributed by atoms with E-state index in [-0.39, 0.29) is 78.8 Å². The van der Waals surface area contributed by atoms with Crippen molar-refractivity contribution < 1.29 is 36.8 Å². The summed E-state index contributed by atoms with van der Waals surface area (Å²) in [5.41, 5.74) is 0. The third kappa shape index (κ3) is 65.5. The van der Waals surface area contributed by atoms with E-state index in [9.17, 15) is 9.59 Å². The second-order valence-corrected chi connectivity index (χ2v) is 24.3. The van der Waals surface area contributed by atoms with Gasteiger partial charge in [0.15, 0.2) is 16.6 Å². The fourth-order valence-electron chi connectivity index (χ4n) is 3.35. The SMILES string of the molecule is C.C.C.C.C.C.C.C.C.C=CC(=O)OCC.C=CC(=O)OCC.CC[Si](C)(C)O[Si](C)(CCCOCCOC)O[Si](C)(C)CC.c1ccccc1.c1ccccc1. The molecule has 0 heterocycles. The predicted molar refractivity (Wildman–Crippen MR) is 269 cm³/mol. The van der Waals surface area contributed by atoms with E-state index in [1.54, 1.807) is 21.0 Å². The molecule has 0 amide bonds. The van der Waals surface area contributed by atoms with Gasteiger partial charge in [0, 0.05) is 25.9 Å². The van der Waals surface area contributed by atoms with E-state index in [4.69, 9.17) is 17.7 Å². The van der Waals surface area contributed by atoms with Crippen molar-refractivity contribution in [3.05, 3.63) is 98.1 Å². The summed E-state index contributed by atoms with van der Waals surface area (Å²) < 4.78 is 32.8. The summed E-state index contributed by atoms with van der Waals surface area (Å²) in [6.45, 7) is 28.8. The lowest BCUT2D eigenvalue weighted by Gasteiger charge is -2.40. The maximum absolute atomic E-state index is 10.1. The number of methoxy groups -OCH3 is 1. The van der Waals surface area contributed by atoms with Crippen LogP contribution < -0.4 is 0 Å². The zero-order valence-electron chi connectivity index (χ0n) is 31.6. The van der Waals surface area contributed by atoms with E-state index in [0.717, 1.165) is 43.3 Å². The Bertz CT molecular complexity index is 900. The van der Waals surface area contributed by atoms with Gasteiger partial charge in [-0.2, -0.15) is 0 Å². The van der Waals surface area contributed by atoms with E-state index in [1.807, 2.05) is 72.8 Å². The van der Waals surface area contributed by atoms with Crippen LogP contribution in [-0.4, -0.2) is 77.3 Å². The van der Waals surface area contributed by atoms with Crippen LogP contribution in [0.4, 0.5) is 0 Å². The van der Waals surface area contributed by atoms with Crippen molar-refractivity contribution >= 4 is 37.1 Å². The number of benzene rings is 2. The highest BCUT2D eigenvalue weighted by Crippen LogP contribution is 2.28. The molecular formula is C46H102O8Si3. The summed E-state index contributed by atoms with van der Waals surface area (Å²) in [5, 5.41) is 0. The standard InChI is InChI=1S/C15H38O4Si3.2C6H6.2C5H8O2.9CH4/c1-9-20(4,5)18-22(8,19-21(6,7)10-2)15-11-12-17-14-13-16-3;2*1-2-4-6-5-3-1;2*1-3-5(6)7-4-2;;;;;;;;;/h9-15H2,1-8H3;2*1-6H;2*3H,1,4H2,2H3;9*1H4. The molecule has 0 bridgehead atoms. The normalized spacial score (nSPS) is 8.81. The van der Waals surface area contributed by atoms with Gasteiger partial charge in [-0.05, 0) is 71.1 Å². The molecule has 0 radical (unpaired) electrons. The molecule has 0 N–H and O–H groups in total. The Hall–Kier alpha value is -2.65. The van der Waals surface area contributed by atoms with Gasteiger partial charge in [-0.25, -0.2) is 9.59 Å². The molecular weight excluding hydrogens is 765 g/mol. The van der Waals surface area contributed by atoms with Crippen molar-refractivity contribution in [2.75, 3.05) is 40.1 Å². The van der Waals surface area contributed by atoms with Crippen LogP contribution in [0.2, 0.25) is 50.9 Å². The van der Waals surface area contributed by atoms with Crippen LogP contribution in [0.1, 0.15) is 101 Å². The Labute approximate surface area is 362 Å². The van der Waals surface area contributed by atoms with Gasteiger partial charge in [-0.3, -0.25) is 0 Å². The van der Waals surface area contributed by atoms with Gasteiger partial charge in [0.05, 0.1) is 26.4 Å². The first-order chi connectivity index (χ1) is 22.7. The molecule has 0 aromatic heterocycles. The lowest BCUT2D eigenvalue weighted by Crippen LogP contribution is -2.54. The summed E-state index contributed by atoms with van der Waals surface area (Å²) in [6, 6.07) is 27.3. The average Bonchev–Trinajstić information content (AvgIpc) is 3.08. The second-order valence-electron chi connectivity index (χ2n) is 11.5. The molecule has 11 heteroatoms. The fourth-order valence-corrected chi connectivity index (χ4v) is 16.0. The molecule has 2 rings (SSSR count). The number of carbonyl (C=O) groups excluding carboxylic acids is 2. The van der Waals surface area contributed by atoms with Crippen LogP contribution in [-0.2, 0) is 36.8 Å². The van der Waals surface area contributed by atoms with Gasteiger partial charge in [0.25, 0.3) is 0 Å². The van der Waals surface area contributed by atoms with Gasteiger partial charge in [0.2, 0.25) is 0 Å². The number of carbonyl (C=O) groups is 2. The quantitative estimate of drug-likeness (QED) is 0.0672. The molecule has 8 nitrogen and oxygen atoms in total. The number of esters is 2. The molecule has 57 heavy (non-hydrogen) atoms. The Morgan fingerprint density at radius 3 is 0.982 bits per heavy atom. The fraction of sp³-hybridized carbons (Fsp3) is 0.609. The second kappa shape index (κ2) is 57.7. The van der Waals surface area contributed by atoms with Crippen LogP contribution in [0, 0.1) is 0 Å². The van der Waals surface area contributed by atoms with E-state index in [1.165, 1.54) is 0 Å². The first kappa shape index (κ1) is 86.3. The van der Waals surface area contributed by atoms with Gasteiger partial charge in [0.1, 0.15) is 0 Å². The van der Waals surface area contributed by atoms with Gasteiger partial charge >= 0.3 is 20.5 Å². The minimum Gasteiger partial charge on any atom is -0.463 e. The number of ether oxygens (including phenoxy) is 4. The van der Waals surface area contributed by atoms with Crippen molar-refractivity contribution in [1.29, 1.82) is 0 Å². The average molecular weight is 868 g/mol. The Morgan fingerprint density at radius 1 is 0.509 bits per heavy atom. The highest BCUT2D eigenvalue weighted by atomic mass is 28.5.